The van der Waals surface area contributed by atoms with Gasteiger partial charge in [-0.2, -0.15) is 5.10 Å². The van der Waals surface area contributed by atoms with Crippen molar-refractivity contribution in [1.82, 2.24) is 25.0 Å². The molecule has 3 N–H and O–H groups in total. The quantitative estimate of drug-likeness (QED) is 0.441. The maximum atomic E-state index is 12.1. The molecule has 4 rings (SSSR count). The smallest absolute Gasteiger partial charge is 0.261 e. The van der Waals surface area contributed by atoms with Gasteiger partial charge in [-0.05, 0) is 17.2 Å². The molecule has 0 saturated heterocycles. The van der Waals surface area contributed by atoms with Gasteiger partial charge in [0.1, 0.15) is 17.5 Å². The fraction of sp³-hybridized carbons (Fsp3) is 0.174. The minimum absolute atomic E-state index is 0.147. The Balaban J connectivity index is 1.64. The Bertz CT molecular complexity index is 1350. The lowest BCUT2D eigenvalue weighted by atomic mass is 10.0. The van der Waals surface area contributed by atoms with Crippen molar-refractivity contribution in [3.63, 3.8) is 0 Å². The number of carbonyl (C=O) groups excluding carboxylic acids is 2. The third-order valence-corrected chi connectivity index (χ3v) is 6.33. The number of carbonyl (C=O) groups is 1. The number of aromatic nitrogens is 3. The van der Waals surface area contributed by atoms with Crippen molar-refractivity contribution < 1.29 is 9.59 Å². The molecule has 0 fully saturated rings. The zero-order chi connectivity index (χ0) is 22.8. The first-order valence-corrected chi connectivity index (χ1v) is 10.7. The van der Waals surface area contributed by atoms with Gasteiger partial charge in [-0.15, -0.1) is 11.3 Å². The summed E-state index contributed by atoms with van der Waals surface area (Å²) >= 11 is 1.33. The number of amides is 1. The van der Waals surface area contributed by atoms with E-state index < -0.39 is 0 Å². The number of benzene rings is 1. The van der Waals surface area contributed by atoms with Crippen LogP contribution in [0.5, 0.6) is 0 Å². The standard InChI is InChI=1S/C23H22N6O2S/c1-25-23(31)20-8-18-19(10-26-22(24)21(18)32-20)15-6-4-14(5-7-15)16-9-27-29(11-16)12-17(13-30)28(2)3/h4-11H,12H2,1-3H3,(H2,24,26)(H,25,31). The number of fused-ring (bicyclic) bond motifs is 1. The first-order chi connectivity index (χ1) is 15.4. The van der Waals surface area contributed by atoms with Gasteiger partial charge in [0.25, 0.3) is 5.91 Å². The van der Waals surface area contributed by atoms with Crippen LogP contribution in [0.2, 0.25) is 0 Å². The molecule has 3 aromatic heterocycles. The third kappa shape index (κ3) is 3.99. The first kappa shape index (κ1) is 21.3. The molecule has 0 bridgehead atoms. The Morgan fingerprint density at radius 2 is 1.91 bits per heavy atom. The SMILES string of the molecule is CNC(=O)c1cc2c(-c3ccc(-c4cnn(CC(=C=O)N(C)C)c4)cc3)cnc(N)c2s1. The van der Waals surface area contributed by atoms with Gasteiger partial charge >= 0.3 is 0 Å². The second kappa shape index (κ2) is 8.66. The average molecular weight is 447 g/mol. The molecule has 0 aliphatic rings. The van der Waals surface area contributed by atoms with E-state index in [4.69, 9.17) is 5.73 Å². The molecule has 3 heterocycles. The van der Waals surface area contributed by atoms with Gasteiger partial charge in [0.15, 0.2) is 0 Å². The zero-order valence-electron chi connectivity index (χ0n) is 17.9. The Morgan fingerprint density at radius 3 is 2.56 bits per heavy atom. The highest BCUT2D eigenvalue weighted by Gasteiger charge is 2.15. The summed E-state index contributed by atoms with van der Waals surface area (Å²) in [7, 11) is 5.21. The maximum absolute atomic E-state index is 12.1. The Hall–Kier alpha value is -3.94. The topological polar surface area (TPSA) is 106 Å². The van der Waals surface area contributed by atoms with Gasteiger partial charge in [0.05, 0.1) is 22.3 Å². The molecule has 0 unspecified atom stereocenters. The monoisotopic (exact) mass is 446 g/mol. The lowest BCUT2D eigenvalue weighted by Gasteiger charge is -2.12. The van der Waals surface area contributed by atoms with Crippen molar-refractivity contribution in [3.8, 4) is 22.3 Å². The van der Waals surface area contributed by atoms with Gasteiger partial charge < -0.3 is 16.0 Å². The minimum atomic E-state index is -0.147. The second-order valence-electron chi connectivity index (χ2n) is 7.44. The fourth-order valence-corrected chi connectivity index (χ4v) is 4.40. The van der Waals surface area contributed by atoms with Crippen LogP contribution >= 0.6 is 11.3 Å². The van der Waals surface area contributed by atoms with E-state index in [-0.39, 0.29) is 5.91 Å². The number of anilines is 1. The molecule has 162 valence electrons. The molecular formula is C23H22N6O2S. The van der Waals surface area contributed by atoms with E-state index in [1.54, 1.807) is 43.1 Å². The Morgan fingerprint density at radius 1 is 1.19 bits per heavy atom. The number of rotatable bonds is 6. The van der Waals surface area contributed by atoms with Gasteiger partial charge in [-0.1, -0.05) is 24.3 Å². The van der Waals surface area contributed by atoms with Crippen molar-refractivity contribution in [2.24, 2.45) is 0 Å². The van der Waals surface area contributed by atoms with Crippen LogP contribution in [-0.2, 0) is 11.3 Å². The number of hydrogen-bond acceptors (Lipinski definition) is 7. The molecule has 32 heavy (non-hydrogen) atoms. The van der Waals surface area contributed by atoms with E-state index in [1.807, 2.05) is 42.5 Å². The summed E-state index contributed by atoms with van der Waals surface area (Å²) in [6, 6.07) is 9.88. The van der Waals surface area contributed by atoms with Gasteiger partial charge in [-0.3, -0.25) is 9.48 Å². The van der Waals surface area contributed by atoms with Crippen molar-refractivity contribution in [1.29, 1.82) is 0 Å². The van der Waals surface area contributed by atoms with Crippen LogP contribution in [0.1, 0.15) is 9.67 Å². The van der Waals surface area contributed by atoms with E-state index in [9.17, 15) is 9.59 Å². The third-order valence-electron chi connectivity index (χ3n) is 5.17. The van der Waals surface area contributed by atoms with Crippen LogP contribution in [0.25, 0.3) is 32.3 Å². The lowest BCUT2D eigenvalue weighted by Crippen LogP contribution is -2.17. The first-order valence-electron chi connectivity index (χ1n) is 9.86. The van der Waals surface area contributed by atoms with Gasteiger partial charge in [-0.25, -0.2) is 9.78 Å². The number of nitrogens with two attached hydrogens (primary N) is 1. The lowest BCUT2D eigenvalue weighted by molar-refractivity contribution is 0.0967. The summed E-state index contributed by atoms with van der Waals surface area (Å²) in [6.45, 7) is 0.357. The predicted molar refractivity (Wildman–Crippen MR) is 127 cm³/mol. The van der Waals surface area contributed by atoms with Crippen molar-refractivity contribution in [2.75, 3.05) is 26.9 Å². The molecule has 0 atom stereocenters. The van der Waals surface area contributed by atoms with Crippen LogP contribution < -0.4 is 11.1 Å². The largest absolute Gasteiger partial charge is 0.383 e. The molecule has 8 nitrogen and oxygen atoms in total. The predicted octanol–water partition coefficient (Wildman–Crippen LogP) is 3.05. The highest BCUT2D eigenvalue weighted by Crippen LogP contribution is 2.37. The molecule has 0 spiro atoms. The van der Waals surface area contributed by atoms with E-state index in [2.05, 4.69) is 15.4 Å². The summed E-state index contributed by atoms with van der Waals surface area (Å²) in [5.41, 5.74) is 10.4. The molecule has 0 aliphatic heterocycles. The number of nitrogen functional groups attached to an aromatic ring is 1. The number of nitrogens with zero attached hydrogens (tertiary/aromatic N) is 4. The van der Waals surface area contributed by atoms with Gasteiger partial charge in [0.2, 0.25) is 0 Å². The molecule has 1 aromatic carbocycles. The number of nitrogens with one attached hydrogen (secondary N) is 1. The summed E-state index contributed by atoms with van der Waals surface area (Å²) in [5, 5.41) is 7.90. The minimum Gasteiger partial charge on any atom is -0.383 e. The normalized spacial score (nSPS) is 10.7. The van der Waals surface area contributed by atoms with Crippen LogP contribution in [0.4, 0.5) is 5.82 Å². The molecule has 0 radical (unpaired) electrons. The van der Waals surface area contributed by atoms with E-state index in [0.717, 1.165) is 32.3 Å². The van der Waals surface area contributed by atoms with E-state index in [0.29, 0.717) is 22.9 Å². The van der Waals surface area contributed by atoms with Crippen LogP contribution in [-0.4, -0.2) is 52.7 Å². The van der Waals surface area contributed by atoms with Crippen LogP contribution in [0.15, 0.2) is 54.6 Å². The summed E-state index contributed by atoms with van der Waals surface area (Å²) in [4.78, 5) is 29.8. The second-order valence-corrected chi connectivity index (χ2v) is 8.49. The number of allylic oxidation sites excluding steroid dienone is 1. The highest BCUT2D eigenvalue weighted by molar-refractivity contribution is 7.21. The number of thiophene rings is 1. The Kier molecular flexibility index (Phi) is 5.77. The van der Waals surface area contributed by atoms with Gasteiger partial charge in [0, 0.05) is 50.0 Å². The van der Waals surface area contributed by atoms with Crippen LogP contribution in [0.3, 0.4) is 0 Å². The zero-order valence-corrected chi connectivity index (χ0v) is 18.7. The molecule has 1 amide bonds. The fourth-order valence-electron chi connectivity index (χ4n) is 3.37. The summed E-state index contributed by atoms with van der Waals surface area (Å²) in [6.07, 6.45) is 5.40. The molecular weight excluding hydrogens is 424 g/mol. The Labute approximate surface area is 189 Å². The number of pyridine rings is 1. The van der Waals surface area contributed by atoms with Crippen molar-refractivity contribution in [3.05, 3.63) is 59.5 Å². The van der Waals surface area contributed by atoms with E-state index >= 15 is 0 Å². The molecule has 0 saturated carbocycles. The summed E-state index contributed by atoms with van der Waals surface area (Å²) in [5.74, 6) is 2.21. The molecule has 4 aromatic rings. The average Bonchev–Trinajstić information content (AvgIpc) is 3.45. The highest BCUT2D eigenvalue weighted by atomic mass is 32.1. The number of likely N-dealkylation sites (N-methyl/N-ethyl adjacent to an activating group) is 1. The number of hydrogen-bond donors (Lipinski definition) is 2. The van der Waals surface area contributed by atoms with Crippen molar-refractivity contribution >= 4 is 39.1 Å². The molecule has 9 heteroatoms. The summed E-state index contributed by atoms with van der Waals surface area (Å²) < 4.78 is 2.51. The molecule has 0 aliphatic carbocycles. The van der Waals surface area contributed by atoms with Crippen molar-refractivity contribution in [2.45, 2.75) is 6.54 Å². The maximum Gasteiger partial charge on any atom is 0.261 e. The van der Waals surface area contributed by atoms with E-state index in [1.165, 1.54) is 11.3 Å². The van der Waals surface area contributed by atoms with Crippen LogP contribution in [0, 0.1) is 0 Å².